The minimum absolute atomic E-state index is 0.0283. The summed E-state index contributed by atoms with van der Waals surface area (Å²) in [6.45, 7) is 13.2. The second-order valence-electron chi connectivity index (χ2n) is 8.50. The van der Waals surface area contributed by atoms with Crippen LogP contribution < -0.4 is 4.90 Å². The zero-order valence-electron chi connectivity index (χ0n) is 18.5. The summed E-state index contributed by atoms with van der Waals surface area (Å²) in [6, 6.07) is 6.35. The molecule has 1 amide bonds. The number of aryl methyl sites for hydroxylation is 3. The Labute approximate surface area is 177 Å². The lowest BCUT2D eigenvalue weighted by atomic mass is 10.1. The van der Waals surface area contributed by atoms with Gasteiger partial charge in [0.1, 0.15) is 11.6 Å². The number of hydrogen-bond acceptors (Lipinski definition) is 5. The summed E-state index contributed by atoms with van der Waals surface area (Å²) in [4.78, 5) is 26.2. The number of nitrogens with zero attached hydrogens (tertiary/aromatic N) is 6. The molecule has 1 aliphatic rings. The summed E-state index contributed by atoms with van der Waals surface area (Å²) in [5.41, 5.74) is 4.24. The van der Waals surface area contributed by atoms with Crippen molar-refractivity contribution in [2.45, 2.75) is 41.0 Å². The summed E-state index contributed by atoms with van der Waals surface area (Å²) in [7, 11) is 0. The Bertz CT molecular complexity index is 1090. The maximum absolute atomic E-state index is 12.4. The molecule has 0 saturated carbocycles. The topological polar surface area (TPSA) is 67.2 Å². The van der Waals surface area contributed by atoms with Crippen molar-refractivity contribution in [2.75, 3.05) is 31.1 Å². The SMILES string of the molecule is Cc1ccc(-n2ncc3c(N4CCCN(C(=O)C(C)C)CC4)nc(C)nc32)c(C)c1. The monoisotopic (exact) mass is 406 g/mol. The van der Waals surface area contributed by atoms with Gasteiger partial charge < -0.3 is 9.80 Å². The lowest BCUT2D eigenvalue weighted by Gasteiger charge is -2.24. The first-order valence-electron chi connectivity index (χ1n) is 10.7. The largest absolute Gasteiger partial charge is 0.354 e. The van der Waals surface area contributed by atoms with E-state index in [2.05, 4.69) is 42.0 Å². The standard InChI is InChI=1S/C23H30N6O/c1-15(2)23(30)28-10-6-9-27(11-12-28)21-19-14-24-29(22(19)26-18(5)25-21)20-8-7-16(3)13-17(20)4/h7-8,13-15H,6,9-12H2,1-5H3. The lowest BCUT2D eigenvalue weighted by Crippen LogP contribution is -2.37. The van der Waals surface area contributed by atoms with Gasteiger partial charge in [0.25, 0.3) is 0 Å². The maximum atomic E-state index is 12.4. The first-order chi connectivity index (χ1) is 14.3. The van der Waals surface area contributed by atoms with E-state index in [9.17, 15) is 4.79 Å². The summed E-state index contributed by atoms with van der Waals surface area (Å²) >= 11 is 0. The number of rotatable bonds is 3. The quantitative estimate of drug-likeness (QED) is 0.667. The van der Waals surface area contributed by atoms with E-state index in [1.807, 2.05) is 36.5 Å². The van der Waals surface area contributed by atoms with Crippen LogP contribution in [0.1, 0.15) is 37.2 Å². The van der Waals surface area contributed by atoms with E-state index in [0.717, 1.165) is 60.0 Å². The highest BCUT2D eigenvalue weighted by Crippen LogP contribution is 2.28. The first-order valence-corrected chi connectivity index (χ1v) is 10.7. The molecule has 4 rings (SSSR count). The van der Waals surface area contributed by atoms with Crippen LogP contribution in [0.3, 0.4) is 0 Å². The Morgan fingerprint density at radius 1 is 1.03 bits per heavy atom. The number of fused-ring (bicyclic) bond motifs is 1. The number of aromatic nitrogens is 4. The van der Waals surface area contributed by atoms with Crippen molar-refractivity contribution in [3.63, 3.8) is 0 Å². The average molecular weight is 407 g/mol. The Hall–Kier alpha value is -2.96. The van der Waals surface area contributed by atoms with Crippen LogP contribution in [-0.4, -0.2) is 56.7 Å². The van der Waals surface area contributed by atoms with Gasteiger partial charge in [0.15, 0.2) is 5.65 Å². The zero-order chi connectivity index (χ0) is 21.4. The van der Waals surface area contributed by atoms with Gasteiger partial charge in [0, 0.05) is 32.1 Å². The Balaban J connectivity index is 1.70. The van der Waals surface area contributed by atoms with Gasteiger partial charge in [-0.15, -0.1) is 0 Å². The molecule has 1 fully saturated rings. The molecular formula is C23H30N6O. The number of carbonyl (C=O) groups is 1. The molecule has 7 nitrogen and oxygen atoms in total. The Morgan fingerprint density at radius 3 is 2.57 bits per heavy atom. The molecular weight excluding hydrogens is 376 g/mol. The molecule has 0 unspecified atom stereocenters. The molecule has 1 aromatic carbocycles. The van der Waals surface area contributed by atoms with Crippen LogP contribution in [0.15, 0.2) is 24.4 Å². The number of amides is 1. The van der Waals surface area contributed by atoms with Crippen LogP contribution in [0.5, 0.6) is 0 Å². The van der Waals surface area contributed by atoms with Gasteiger partial charge in [-0.25, -0.2) is 14.6 Å². The van der Waals surface area contributed by atoms with E-state index in [1.54, 1.807) is 0 Å². The van der Waals surface area contributed by atoms with Gasteiger partial charge in [-0.1, -0.05) is 31.5 Å². The fourth-order valence-electron chi connectivity index (χ4n) is 4.17. The highest BCUT2D eigenvalue weighted by molar-refractivity contribution is 5.88. The molecule has 0 N–H and O–H groups in total. The average Bonchev–Trinajstić information content (AvgIpc) is 2.95. The van der Waals surface area contributed by atoms with Gasteiger partial charge in [-0.2, -0.15) is 5.10 Å². The van der Waals surface area contributed by atoms with E-state index >= 15 is 0 Å². The Morgan fingerprint density at radius 2 is 1.83 bits per heavy atom. The smallest absolute Gasteiger partial charge is 0.225 e. The summed E-state index contributed by atoms with van der Waals surface area (Å²) in [6.07, 6.45) is 2.79. The third kappa shape index (κ3) is 3.76. The first kappa shape index (κ1) is 20.3. The van der Waals surface area contributed by atoms with Crippen molar-refractivity contribution in [2.24, 2.45) is 5.92 Å². The molecule has 158 valence electrons. The van der Waals surface area contributed by atoms with Crippen LogP contribution in [0.4, 0.5) is 5.82 Å². The second-order valence-corrected chi connectivity index (χ2v) is 8.50. The highest BCUT2D eigenvalue weighted by atomic mass is 16.2. The predicted octanol–water partition coefficient (Wildman–Crippen LogP) is 3.44. The van der Waals surface area contributed by atoms with Crippen LogP contribution in [0.2, 0.25) is 0 Å². The zero-order valence-corrected chi connectivity index (χ0v) is 18.5. The molecule has 30 heavy (non-hydrogen) atoms. The molecule has 0 bridgehead atoms. The van der Waals surface area contributed by atoms with E-state index in [4.69, 9.17) is 9.97 Å². The number of benzene rings is 1. The van der Waals surface area contributed by atoms with Gasteiger partial charge in [0.05, 0.1) is 17.3 Å². The van der Waals surface area contributed by atoms with Crippen molar-refractivity contribution in [3.8, 4) is 5.69 Å². The maximum Gasteiger partial charge on any atom is 0.225 e. The van der Waals surface area contributed by atoms with Crippen LogP contribution >= 0.6 is 0 Å². The van der Waals surface area contributed by atoms with Crippen molar-refractivity contribution < 1.29 is 4.79 Å². The van der Waals surface area contributed by atoms with Crippen molar-refractivity contribution in [1.82, 2.24) is 24.6 Å². The fourth-order valence-corrected chi connectivity index (χ4v) is 4.17. The number of anilines is 1. The number of carbonyl (C=O) groups excluding carboxylic acids is 1. The predicted molar refractivity (Wildman–Crippen MR) is 119 cm³/mol. The third-order valence-electron chi connectivity index (χ3n) is 5.70. The van der Waals surface area contributed by atoms with Crippen molar-refractivity contribution >= 4 is 22.8 Å². The molecule has 7 heteroatoms. The molecule has 1 saturated heterocycles. The summed E-state index contributed by atoms with van der Waals surface area (Å²) < 4.78 is 1.91. The van der Waals surface area contributed by atoms with E-state index < -0.39 is 0 Å². The van der Waals surface area contributed by atoms with Crippen molar-refractivity contribution in [3.05, 3.63) is 41.3 Å². The molecule has 0 radical (unpaired) electrons. The molecule has 1 aliphatic heterocycles. The molecule has 0 atom stereocenters. The van der Waals surface area contributed by atoms with Gasteiger partial charge in [-0.3, -0.25) is 4.79 Å². The van der Waals surface area contributed by atoms with Crippen LogP contribution in [-0.2, 0) is 4.79 Å². The molecule has 2 aromatic heterocycles. The minimum Gasteiger partial charge on any atom is -0.354 e. The molecule has 0 aliphatic carbocycles. The van der Waals surface area contributed by atoms with E-state index in [0.29, 0.717) is 6.54 Å². The van der Waals surface area contributed by atoms with Gasteiger partial charge in [-0.05, 0) is 38.8 Å². The fraction of sp³-hybridized carbons (Fsp3) is 0.478. The number of hydrogen-bond donors (Lipinski definition) is 0. The highest BCUT2D eigenvalue weighted by Gasteiger charge is 2.24. The molecule has 0 spiro atoms. The normalized spacial score (nSPS) is 15.1. The molecule has 3 heterocycles. The molecule has 3 aromatic rings. The van der Waals surface area contributed by atoms with Crippen LogP contribution in [0.25, 0.3) is 16.7 Å². The van der Waals surface area contributed by atoms with E-state index in [1.165, 1.54) is 5.56 Å². The van der Waals surface area contributed by atoms with Gasteiger partial charge >= 0.3 is 0 Å². The second kappa shape index (κ2) is 8.05. The third-order valence-corrected chi connectivity index (χ3v) is 5.70. The lowest BCUT2D eigenvalue weighted by molar-refractivity contribution is -0.134. The Kier molecular flexibility index (Phi) is 5.45. The van der Waals surface area contributed by atoms with Crippen molar-refractivity contribution in [1.29, 1.82) is 0 Å². The van der Waals surface area contributed by atoms with Crippen LogP contribution in [0, 0.1) is 26.7 Å². The van der Waals surface area contributed by atoms with Gasteiger partial charge in [0.2, 0.25) is 5.91 Å². The summed E-state index contributed by atoms with van der Waals surface area (Å²) in [5, 5.41) is 5.61. The summed E-state index contributed by atoms with van der Waals surface area (Å²) in [5.74, 6) is 1.89. The van der Waals surface area contributed by atoms with E-state index in [-0.39, 0.29) is 11.8 Å². The minimum atomic E-state index is 0.0283.